The van der Waals surface area contributed by atoms with Gasteiger partial charge in [-0.3, -0.25) is 19.9 Å². The van der Waals surface area contributed by atoms with Crippen LogP contribution in [0.2, 0.25) is 0 Å². The van der Waals surface area contributed by atoms with Gasteiger partial charge in [-0.05, 0) is 114 Å². The molecule has 0 amide bonds. The summed E-state index contributed by atoms with van der Waals surface area (Å²) in [5.41, 5.74) is 5.06. The van der Waals surface area contributed by atoms with Gasteiger partial charge in [0, 0.05) is 58.9 Å². The Morgan fingerprint density at radius 1 is 0.519 bits per heavy atom. The van der Waals surface area contributed by atoms with Crippen LogP contribution in [0, 0.1) is 27.7 Å². The average Bonchev–Trinajstić information content (AvgIpc) is 3.04. The molecular formula is C45H93BrN4S2. The molecule has 52 heavy (non-hydrogen) atoms. The third kappa shape index (κ3) is 66.1. The molecule has 0 fully saturated rings. The third-order valence-corrected chi connectivity index (χ3v) is 6.32. The molecule has 4 rings (SSSR count). The number of thioether (sulfide) groups is 1. The third-order valence-electron chi connectivity index (χ3n) is 4.46. The van der Waals surface area contributed by atoms with Gasteiger partial charge in [0.25, 0.3) is 0 Å². The summed E-state index contributed by atoms with van der Waals surface area (Å²) in [5, 5.41) is 0. The molecule has 312 valence electrons. The number of hydrogen-bond donors (Lipinski definition) is 1. The first-order valence-corrected chi connectivity index (χ1v) is 18.0. The Kier molecular flexibility index (Phi) is 112. The second kappa shape index (κ2) is 70.4. The van der Waals surface area contributed by atoms with Gasteiger partial charge in [0.15, 0.2) is 0 Å². The van der Waals surface area contributed by atoms with Crippen molar-refractivity contribution in [3.8, 4) is 0 Å². The van der Waals surface area contributed by atoms with Crippen molar-refractivity contribution < 1.29 is 0 Å². The van der Waals surface area contributed by atoms with E-state index in [0.29, 0.717) is 0 Å². The van der Waals surface area contributed by atoms with E-state index < -0.39 is 0 Å². The maximum Gasteiger partial charge on any atom is 0.0412 e. The van der Waals surface area contributed by atoms with Crippen LogP contribution in [0.5, 0.6) is 0 Å². The zero-order valence-electron chi connectivity index (χ0n) is 29.6. The first-order chi connectivity index (χ1) is 21.2. The Balaban J connectivity index is -0.0000000358. The van der Waals surface area contributed by atoms with E-state index in [-0.39, 0.29) is 59.4 Å². The van der Waals surface area contributed by atoms with Crippen molar-refractivity contribution in [1.29, 1.82) is 0 Å². The lowest BCUT2D eigenvalue weighted by Gasteiger charge is -1.99. The van der Waals surface area contributed by atoms with Gasteiger partial charge in [-0.25, -0.2) is 0 Å². The van der Waals surface area contributed by atoms with E-state index in [1.165, 1.54) is 46.4 Å². The quantitative estimate of drug-likeness (QED) is 0.165. The fraction of sp³-hybridized carbons (Fsp3) is 0.556. The number of hydrogen-bond acceptors (Lipinski definition) is 6. The molecule has 0 spiro atoms. The van der Waals surface area contributed by atoms with Crippen LogP contribution in [-0.4, -0.2) is 31.4 Å². The standard InChI is InChI=1S/C8H11NS.C6H6BrN.2C6H7N.C4H10.C3H8.C2H6S.C2H6.8CH4/c1-3-10-8-6-9-5-4-7(8)2;1-5-2-3-8-4-6(5)7;2*1-6-2-4-7-5-3-6;1-3-4-2;1-3-2;1-2-3;1-2;;;;;;;;/h4-6H,3H2,1-2H3;2-4H,1H3;2*2-5H,1H3;3-4H2,1-2H3;3H2,1-2H3;3H,2H2,1H3;1-2H3;8*1H4. The van der Waals surface area contributed by atoms with Gasteiger partial charge < -0.3 is 0 Å². The van der Waals surface area contributed by atoms with Crippen molar-refractivity contribution in [2.75, 3.05) is 11.5 Å². The smallest absolute Gasteiger partial charge is 0.0412 e. The molecule has 4 heterocycles. The molecule has 0 N–H and O–H groups in total. The van der Waals surface area contributed by atoms with E-state index in [4.69, 9.17) is 0 Å². The molecule has 0 atom stereocenters. The minimum Gasteiger partial charge on any atom is -0.265 e. The van der Waals surface area contributed by atoms with Crippen LogP contribution in [0.15, 0.2) is 95.3 Å². The first kappa shape index (κ1) is 83.0. The summed E-state index contributed by atoms with van der Waals surface area (Å²) in [7, 11) is 0. The molecule has 0 unspecified atom stereocenters. The predicted molar refractivity (Wildman–Crippen MR) is 261 cm³/mol. The number of rotatable bonds is 3. The highest BCUT2D eigenvalue weighted by molar-refractivity contribution is 9.10. The van der Waals surface area contributed by atoms with Gasteiger partial charge in [-0.2, -0.15) is 12.6 Å². The highest BCUT2D eigenvalue weighted by Crippen LogP contribution is 2.19. The maximum atomic E-state index is 4.04. The topological polar surface area (TPSA) is 51.6 Å². The number of unbranched alkanes of at least 4 members (excludes halogenated alkanes) is 1. The zero-order valence-corrected chi connectivity index (χ0v) is 32.9. The highest BCUT2D eigenvalue weighted by Gasteiger charge is 1.94. The van der Waals surface area contributed by atoms with Crippen molar-refractivity contribution in [2.24, 2.45) is 0 Å². The summed E-state index contributed by atoms with van der Waals surface area (Å²) in [4.78, 5) is 16.9. The number of aryl methyl sites for hydroxylation is 4. The molecule has 0 bridgehead atoms. The van der Waals surface area contributed by atoms with Gasteiger partial charge in [-0.1, -0.05) is 134 Å². The minimum atomic E-state index is 0. The van der Waals surface area contributed by atoms with E-state index in [1.807, 2.05) is 102 Å². The highest BCUT2D eigenvalue weighted by atomic mass is 79.9. The Morgan fingerprint density at radius 2 is 0.808 bits per heavy atom. The molecule has 0 aliphatic carbocycles. The Hall–Kier alpha value is -2.22. The largest absolute Gasteiger partial charge is 0.265 e. The molecule has 4 nitrogen and oxygen atoms in total. The van der Waals surface area contributed by atoms with Crippen LogP contribution in [0.3, 0.4) is 0 Å². The van der Waals surface area contributed by atoms with Crippen molar-refractivity contribution in [3.05, 3.63) is 113 Å². The van der Waals surface area contributed by atoms with E-state index in [2.05, 4.69) is 90.0 Å². The van der Waals surface area contributed by atoms with Gasteiger partial charge in [-0.15, -0.1) is 11.8 Å². The van der Waals surface area contributed by atoms with E-state index in [1.54, 1.807) is 37.2 Å². The van der Waals surface area contributed by atoms with Crippen molar-refractivity contribution >= 4 is 40.3 Å². The number of aromatic nitrogens is 4. The van der Waals surface area contributed by atoms with Crippen LogP contribution < -0.4 is 0 Å². The van der Waals surface area contributed by atoms with Crippen molar-refractivity contribution in [1.82, 2.24) is 19.9 Å². The molecule has 4 aromatic rings. The fourth-order valence-electron chi connectivity index (χ4n) is 2.05. The summed E-state index contributed by atoms with van der Waals surface area (Å²) in [6.07, 6.45) is 18.4. The summed E-state index contributed by atoms with van der Waals surface area (Å²) >= 11 is 8.96. The second-order valence-electron chi connectivity index (χ2n) is 8.77. The molecular weight excluding hydrogens is 741 g/mol. The Morgan fingerprint density at radius 3 is 1.00 bits per heavy atom. The van der Waals surface area contributed by atoms with Gasteiger partial charge in [0.1, 0.15) is 0 Å². The first-order valence-electron chi connectivity index (χ1n) is 15.6. The lowest BCUT2D eigenvalue weighted by Crippen LogP contribution is -1.80. The summed E-state index contributed by atoms with van der Waals surface area (Å²) in [6, 6.07) is 11.9. The normalized spacial score (nSPS) is 7.04. The van der Waals surface area contributed by atoms with Crippen LogP contribution >= 0.6 is 40.3 Å². The molecule has 4 aromatic heterocycles. The maximum absolute atomic E-state index is 4.04. The molecule has 0 aliphatic rings. The van der Waals surface area contributed by atoms with Gasteiger partial charge in [0.05, 0.1) is 0 Å². The molecule has 0 aromatic carbocycles. The summed E-state index contributed by atoms with van der Waals surface area (Å²) < 4.78 is 1.07. The van der Waals surface area contributed by atoms with Gasteiger partial charge >= 0.3 is 0 Å². The number of pyridine rings is 4. The van der Waals surface area contributed by atoms with Crippen molar-refractivity contribution in [2.45, 2.75) is 167 Å². The lowest BCUT2D eigenvalue weighted by atomic mass is 10.3. The Bertz CT molecular complexity index is 1010. The number of thiol groups is 1. The van der Waals surface area contributed by atoms with E-state index in [0.717, 1.165) is 16.0 Å². The monoisotopic (exact) mass is 833 g/mol. The summed E-state index contributed by atoms with van der Waals surface area (Å²) in [5.74, 6) is 2.06. The van der Waals surface area contributed by atoms with Crippen molar-refractivity contribution in [3.63, 3.8) is 0 Å². The molecule has 0 saturated heterocycles. The van der Waals surface area contributed by atoms with Gasteiger partial charge in [0.2, 0.25) is 0 Å². The zero-order chi connectivity index (χ0) is 34.4. The average molecular weight is 834 g/mol. The minimum absolute atomic E-state index is 0. The van der Waals surface area contributed by atoms with Crippen LogP contribution in [0.4, 0.5) is 0 Å². The fourth-order valence-corrected chi connectivity index (χ4v) is 3.05. The molecule has 0 aliphatic heterocycles. The molecule has 7 heteroatoms. The molecule has 0 saturated carbocycles. The van der Waals surface area contributed by atoms with E-state index >= 15 is 0 Å². The SMILES string of the molecule is C.C.C.C.C.C.C.C.CC.CCC.CCCC.CCS.CCSc1cnccc1C.Cc1ccncc1.Cc1ccncc1.Cc1ccncc1Br. The number of nitrogens with zero attached hydrogens (tertiary/aromatic N) is 4. The summed E-state index contributed by atoms with van der Waals surface area (Å²) in [6.45, 7) is 25.0. The van der Waals surface area contributed by atoms with E-state index in [9.17, 15) is 0 Å². The predicted octanol–water partition coefficient (Wildman–Crippen LogP) is 17.7. The number of halogens is 1. The second-order valence-corrected chi connectivity index (χ2v) is 11.6. The van der Waals surface area contributed by atoms with Crippen LogP contribution in [-0.2, 0) is 0 Å². The lowest BCUT2D eigenvalue weighted by molar-refractivity contribution is 0.886. The van der Waals surface area contributed by atoms with Crippen LogP contribution in [0.1, 0.15) is 156 Å². The molecule has 0 radical (unpaired) electrons. The van der Waals surface area contributed by atoms with Crippen LogP contribution in [0.25, 0.3) is 0 Å². The Labute approximate surface area is 349 Å².